The summed E-state index contributed by atoms with van der Waals surface area (Å²) in [6, 6.07) is 11.4. The van der Waals surface area contributed by atoms with E-state index in [1.807, 2.05) is 0 Å². The van der Waals surface area contributed by atoms with E-state index >= 15 is 0 Å². The van der Waals surface area contributed by atoms with Crippen LogP contribution in [0.3, 0.4) is 0 Å². The van der Waals surface area contributed by atoms with Gasteiger partial charge in [-0.15, -0.1) is 0 Å². The molecule has 2 aromatic rings. The lowest BCUT2D eigenvalue weighted by atomic mass is 10.1. The molecule has 0 aromatic heterocycles. The molecule has 1 N–H and O–H groups in total. The van der Waals surface area contributed by atoms with Crippen LogP contribution in [0.5, 0.6) is 11.5 Å². The number of rotatable bonds is 5. The topological polar surface area (TPSA) is 51.0 Å². The van der Waals surface area contributed by atoms with Crippen LogP contribution in [0.4, 0.5) is 4.39 Å². The molecule has 2 rings (SSSR count). The van der Waals surface area contributed by atoms with E-state index in [2.05, 4.69) is 5.16 Å². The molecule has 4 nitrogen and oxygen atoms in total. The molecule has 5 heteroatoms. The smallest absolute Gasteiger partial charge is 0.132 e. The number of benzene rings is 2. The van der Waals surface area contributed by atoms with Crippen molar-refractivity contribution in [3.05, 3.63) is 59.4 Å². The molecule has 0 saturated heterocycles. The van der Waals surface area contributed by atoms with E-state index in [-0.39, 0.29) is 12.4 Å². The second kappa shape index (κ2) is 6.74. The molecule has 2 aromatic carbocycles. The van der Waals surface area contributed by atoms with Gasteiger partial charge in [-0.3, -0.25) is 0 Å². The third kappa shape index (κ3) is 3.72. The highest BCUT2D eigenvalue weighted by atomic mass is 19.1. The second-order valence-corrected chi connectivity index (χ2v) is 4.47. The van der Waals surface area contributed by atoms with Gasteiger partial charge in [-0.2, -0.15) is 0 Å². The van der Waals surface area contributed by atoms with Crippen molar-refractivity contribution in [2.24, 2.45) is 5.16 Å². The molecule has 0 radical (unpaired) electrons. The van der Waals surface area contributed by atoms with Crippen molar-refractivity contribution in [3.8, 4) is 11.5 Å². The van der Waals surface area contributed by atoms with E-state index < -0.39 is 0 Å². The Morgan fingerprint density at radius 3 is 2.71 bits per heavy atom. The Hall–Kier alpha value is -2.56. The van der Waals surface area contributed by atoms with Crippen molar-refractivity contribution in [3.63, 3.8) is 0 Å². The lowest BCUT2D eigenvalue weighted by Crippen LogP contribution is -2.03. The molecule has 21 heavy (non-hydrogen) atoms. The normalized spacial score (nSPS) is 11.3. The van der Waals surface area contributed by atoms with Crippen molar-refractivity contribution < 1.29 is 19.1 Å². The molecule has 110 valence electrons. The number of ether oxygens (including phenoxy) is 2. The summed E-state index contributed by atoms with van der Waals surface area (Å²) in [6.45, 7) is 1.87. The van der Waals surface area contributed by atoms with Crippen molar-refractivity contribution in [1.29, 1.82) is 0 Å². The van der Waals surface area contributed by atoms with Gasteiger partial charge in [0.2, 0.25) is 0 Å². The van der Waals surface area contributed by atoms with E-state index in [4.69, 9.17) is 14.7 Å². The quantitative estimate of drug-likeness (QED) is 0.519. The van der Waals surface area contributed by atoms with Crippen molar-refractivity contribution in [2.45, 2.75) is 13.5 Å². The van der Waals surface area contributed by atoms with Gasteiger partial charge in [0, 0.05) is 11.6 Å². The first-order valence-corrected chi connectivity index (χ1v) is 6.38. The van der Waals surface area contributed by atoms with Gasteiger partial charge >= 0.3 is 0 Å². The Morgan fingerprint density at radius 2 is 2.05 bits per heavy atom. The monoisotopic (exact) mass is 289 g/mol. The Labute approximate surface area is 122 Å². The molecular weight excluding hydrogens is 273 g/mol. The molecule has 0 fully saturated rings. The Bertz CT molecular complexity index is 656. The number of nitrogens with zero attached hydrogens (tertiary/aromatic N) is 1. The molecule has 0 amide bonds. The molecule has 0 aliphatic rings. The summed E-state index contributed by atoms with van der Waals surface area (Å²) in [4.78, 5) is 0. The summed E-state index contributed by atoms with van der Waals surface area (Å²) in [6.07, 6.45) is 0. The summed E-state index contributed by atoms with van der Waals surface area (Å²) in [5.41, 5.74) is 1.78. The maximum Gasteiger partial charge on any atom is 0.132 e. The summed E-state index contributed by atoms with van der Waals surface area (Å²) in [5.74, 6) is 0.822. The highest BCUT2D eigenvalue weighted by molar-refractivity contribution is 6.00. The van der Waals surface area contributed by atoms with Gasteiger partial charge in [0.05, 0.1) is 12.8 Å². The van der Waals surface area contributed by atoms with Crippen LogP contribution in [-0.2, 0) is 6.61 Å². The average Bonchev–Trinajstić information content (AvgIpc) is 2.52. The van der Waals surface area contributed by atoms with Crippen LogP contribution in [0.15, 0.2) is 47.6 Å². The average molecular weight is 289 g/mol. The summed E-state index contributed by atoms with van der Waals surface area (Å²) in [7, 11) is 1.55. The highest BCUT2D eigenvalue weighted by Gasteiger charge is 2.10. The largest absolute Gasteiger partial charge is 0.497 e. The first-order valence-electron chi connectivity index (χ1n) is 6.38. The zero-order chi connectivity index (χ0) is 15.2. The predicted molar refractivity (Wildman–Crippen MR) is 77.7 cm³/mol. The number of oxime groups is 1. The van der Waals surface area contributed by atoms with Gasteiger partial charge in [-0.05, 0) is 36.8 Å². The lowest BCUT2D eigenvalue weighted by Gasteiger charge is -2.12. The number of methoxy groups -OCH3 is 1. The van der Waals surface area contributed by atoms with E-state index in [1.54, 1.807) is 44.4 Å². The van der Waals surface area contributed by atoms with Gasteiger partial charge in [-0.25, -0.2) is 4.39 Å². The minimum absolute atomic E-state index is 0.205. The minimum atomic E-state index is -0.310. The maximum atomic E-state index is 13.1. The molecule has 0 atom stereocenters. The van der Waals surface area contributed by atoms with E-state index in [0.29, 0.717) is 28.3 Å². The summed E-state index contributed by atoms with van der Waals surface area (Å²) >= 11 is 0. The fourth-order valence-electron chi connectivity index (χ4n) is 1.89. The van der Waals surface area contributed by atoms with Crippen molar-refractivity contribution >= 4 is 5.71 Å². The Morgan fingerprint density at radius 1 is 1.24 bits per heavy atom. The highest BCUT2D eigenvalue weighted by Crippen LogP contribution is 2.26. The molecule has 0 heterocycles. The van der Waals surface area contributed by atoms with Crippen LogP contribution in [0.25, 0.3) is 0 Å². The van der Waals surface area contributed by atoms with Gasteiger partial charge in [-0.1, -0.05) is 17.3 Å². The van der Waals surface area contributed by atoms with Crippen LogP contribution in [0.1, 0.15) is 18.1 Å². The van der Waals surface area contributed by atoms with Crippen molar-refractivity contribution in [2.75, 3.05) is 7.11 Å². The molecule has 0 unspecified atom stereocenters. The van der Waals surface area contributed by atoms with Crippen LogP contribution < -0.4 is 9.47 Å². The SMILES string of the molecule is COc1ccc(/C(C)=N/O)c(OCc2cccc(F)c2)c1. The zero-order valence-electron chi connectivity index (χ0n) is 11.8. The van der Waals surface area contributed by atoms with Gasteiger partial charge in [0.25, 0.3) is 0 Å². The predicted octanol–water partition coefficient (Wildman–Crippen LogP) is 3.61. The first kappa shape index (κ1) is 14.8. The van der Waals surface area contributed by atoms with Gasteiger partial charge in [0.1, 0.15) is 23.9 Å². The minimum Gasteiger partial charge on any atom is -0.497 e. The molecule has 0 spiro atoms. The van der Waals surface area contributed by atoms with Crippen molar-refractivity contribution in [1.82, 2.24) is 0 Å². The number of hydrogen-bond acceptors (Lipinski definition) is 4. The van der Waals surface area contributed by atoms with Crippen LogP contribution in [0, 0.1) is 5.82 Å². The lowest BCUT2D eigenvalue weighted by molar-refractivity contribution is 0.300. The standard InChI is InChI=1S/C16H16FNO3/c1-11(18-19)15-7-6-14(20-2)9-16(15)21-10-12-4-3-5-13(17)8-12/h3-9,19H,10H2,1-2H3/b18-11+. The van der Waals surface area contributed by atoms with Gasteiger partial charge in [0.15, 0.2) is 0 Å². The fraction of sp³-hybridized carbons (Fsp3) is 0.188. The molecule has 0 aliphatic heterocycles. The Kier molecular flexibility index (Phi) is 4.77. The number of hydrogen-bond donors (Lipinski definition) is 1. The molecule has 0 saturated carbocycles. The van der Waals surface area contributed by atoms with Gasteiger partial charge < -0.3 is 14.7 Å². The number of halogens is 1. The van der Waals surface area contributed by atoms with Crippen LogP contribution in [0.2, 0.25) is 0 Å². The third-order valence-corrected chi connectivity index (χ3v) is 3.01. The van der Waals surface area contributed by atoms with E-state index in [9.17, 15) is 4.39 Å². The maximum absolute atomic E-state index is 13.1. The third-order valence-electron chi connectivity index (χ3n) is 3.01. The summed E-state index contributed by atoms with van der Waals surface area (Å²) < 4.78 is 24.0. The molecule has 0 aliphatic carbocycles. The molecule has 0 bridgehead atoms. The zero-order valence-corrected chi connectivity index (χ0v) is 11.8. The van der Waals surface area contributed by atoms with Crippen LogP contribution in [-0.4, -0.2) is 18.0 Å². The first-order chi connectivity index (χ1) is 10.1. The van der Waals surface area contributed by atoms with E-state index in [1.165, 1.54) is 12.1 Å². The van der Waals surface area contributed by atoms with E-state index in [0.717, 1.165) is 0 Å². The Balaban J connectivity index is 2.25. The fourth-order valence-corrected chi connectivity index (χ4v) is 1.89. The molecular formula is C16H16FNO3. The second-order valence-electron chi connectivity index (χ2n) is 4.47. The van der Waals surface area contributed by atoms with Crippen LogP contribution >= 0.6 is 0 Å². The summed E-state index contributed by atoms with van der Waals surface area (Å²) in [5, 5.41) is 12.1.